The van der Waals surface area contributed by atoms with Crippen molar-refractivity contribution < 1.29 is 22.5 Å². The van der Waals surface area contributed by atoms with E-state index in [0.29, 0.717) is 17.5 Å². The van der Waals surface area contributed by atoms with Gasteiger partial charge in [-0.15, -0.1) is 0 Å². The molecule has 2 aromatic carbocycles. The Labute approximate surface area is 172 Å². The standard InChI is InChI=1S/C10H5F2N3O2.C10H6F2N2/c11-6-4-7(10-13-2-1-3-14-10)9(15(16)17)8(12)5-6;11-8-4-7(5-9(12)6-8)10-13-2-1-3-14-10/h1-5H;1-6H. The predicted octanol–water partition coefficient (Wildman–Crippen LogP) is 4.75. The van der Waals surface area contributed by atoms with Crippen molar-refractivity contribution in [2.45, 2.75) is 0 Å². The van der Waals surface area contributed by atoms with E-state index in [9.17, 15) is 27.7 Å². The van der Waals surface area contributed by atoms with Crippen molar-refractivity contribution in [1.29, 1.82) is 0 Å². The zero-order valence-electron chi connectivity index (χ0n) is 15.4. The van der Waals surface area contributed by atoms with E-state index in [1.807, 2.05) is 0 Å². The molecule has 4 aromatic rings. The molecule has 0 aliphatic carbocycles. The van der Waals surface area contributed by atoms with E-state index in [4.69, 9.17) is 0 Å². The highest BCUT2D eigenvalue weighted by Crippen LogP contribution is 2.30. The molecule has 2 heterocycles. The molecule has 156 valence electrons. The van der Waals surface area contributed by atoms with Crippen LogP contribution in [0.5, 0.6) is 0 Å². The van der Waals surface area contributed by atoms with Gasteiger partial charge in [-0.05, 0) is 30.3 Å². The number of nitrogens with zero attached hydrogens (tertiary/aromatic N) is 5. The fraction of sp³-hybridized carbons (Fsp3) is 0. The van der Waals surface area contributed by atoms with Gasteiger partial charge >= 0.3 is 5.69 Å². The van der Waals surface area contributed by atoms with Crippen molar-refractivity contribution in [2.75, 3.05) is 0 Å². The fourth-order valence-electron chi connectivity index (χ4n) is 2.49. The van der Waals surface area contributed by atoms with Crippen LogP contribution < -0.4 is 0 Å². The van der Waals surface area contributed by atoms with Gasteiger partial charge in [-0.2, -0.15) is 4.39 Å². The second-order valence-corrected chi connectivity index (χ2v) is 5.84. The van der Waals surface area contributed by atoms with E-state index in [1.165, 1.54) is 43.0 Å². The van der Waals surface area contributed by atoms with E-state index in [0.717, 1.165) is 12.1 Å². The molecule has 11 heteroatoms. The van der Waals surface area contributed by atoms with Crippen molar-refractivity contribution in [2.24, 2.45) is 0 Å². The van der Waals surface area contributed by atoms with Crippen LogP contribution in [0.25, 0.3) is 22.8 Å². The third kappa shape index (κ3) is 5.41. The summed E-state index contributed by atoms with van der Waals surface area (Å²) in [5, 5.41) is 10.7. The van der Waals surface area contributed by atoms with Gasteiger partial charge in [-0.1, -0.05) is 0 Å². The Hall–Kier alpha value is -4.28. The topological polar surface area (TPSA) is 94.7 Å². The van der Waals surface area contributed by atoms with Crippen LogP contribution in [0.2, 0.25) is 0 Å². The lowest BCUT2D eigenvalue weighted by Gasteiger charge is -2.02. The van der Waals surface area contributed by atoms with Crippen LogP contribution in [0, 0.1) is 33.4 Å². The van der Waals surface area contributed by atoms with Crippen molar-refractivity contribution in [3.8, 4) is 22.8 Å². The number of hydrogen-bond donors (Lipinski definition) is 0. The lowest BCUT2D eigenvalue weighted by molar-refractivity contribution is -0.386. The van der Waals surface area contributed by atoms with Gasteiger partial charge in [-0.3, -0.25) is 10.1 Å². The lowest BCUT2D eigenvalue weighted by atomic mass is 10.1. The molecule has 0 bridgehead atoms. The van der Waals surface area contributed by atoms with Gasteiger partial charge in [0.1, 0.15) is 23.0 Å². The van der Waals surface area contributed by atoms with Crippen LogP contribution in [0.4, 0.5) is 23.2 Å². The summed E-state index contributed by atoms with van der Waals surface area (Å²) in [6.07, 6.45) is 5.69. The van der Waals surface area contributed by atoms with Crippen molar-refractivity contribution in [3.05, 3.63) is 101 Å². The Morgan fingerprint density at radius 3 is 1.68 bits per heavy atom. The summed E-state index contributed by atoms with van der Waals surface area (Å²) in [6, 6.07) is 7.61. The highest BCUT2D eigenvalue weighted by atomic mass is 19.1. The second kappa shape index (κ2) is 9.48. The number of hydrogen-bond acceptors (Lipinski definition) is 6. The first-order valence-electron chi connectivity index (χ1n) is 8.49. The van der Waals surface area contributed by atoms with Gasteiger partial charge in [0.05, 0.1) is 4.92 Å². The molecule has 0 saturated heterocycles. The van der Waals surface area contributed by atoms with E-state index >= 15 is 0 Å². The van der Waals surface area contributed by atoms with Gasteiger partial charge in [0.25, 0.3) is 0 Å². The van der Waals surface area contributed by atoms with Gasteiger partial charge in [-0.25, -0.2) is 33.1 Å². The van der Waals surface area contributed by atoms with Crippen molar-refractivity contribution in [1.82, 2.24) is 19.9 Å². The summed E-state index contributed by atoms with van der Waals surface area (Å²) >= 11 is 0. The maximum atomic E-state index is 13.3. The van der Waals surface area contributed by atoms with Crippen LogP contribution in [0.1, 0.15) is 0 Å². The van der Waals surface area contributed by atoms with Crippen molar-refractivity contribution >= 4 is 5.69 Å². The molecule has 0 N–H and O–H groups in total. The summed E-state index contributed by atoms with van der Waals surface area (Å²) in [5.74, 6) is -3.23. The minimum absolute atomic E-state index is 0.0994. The minimum atomic E-state index is -1.25. The number of aromatic nitrogens is 4. The third-order valence-corrected chi connectivity index (χ3v) is 3.70. The maximum Gasteiger partial charge on any atom is 0.315 e. The average Bonchev–Trinajstić information content (AvgIpc) is 2.74. The number of rotatable bonds is 3. The first-order valence-corrected chi connectivity index (χ1v) is 8.49. The Kier molecular flexibility index (Phi) is 6.55. The van der Waals surface area contributed by atoms with E-state index in [-0.39, 0.29) is 11.4 Å². The molecule has 0 aliphatic heterocycles. The molecule has 0 spiro atoms. The molecule has 0 saturated carbocycles. The van der Waals surface area contributed by atoms with Crippen LogP contribution in [0.15, 0.2) is 67.3 Å². The van der Waals surface area contributed by atoms with Gasteiger partial charge in [0.15, 0.2) is 11.6 Å². The van der Waals surface area contributed by atoms with E-state index in [1.54, 1.807) is 6.07 Å². The summed E-state index contributed by atoms with van der Waals surface area (Å²) < 4.78 is 52.0. The zero-order chi connectivity index (χ0) is 22.4. The monoisotopic (exact) mass is 429 g/mol. The van der Waals surface area contributed by atoms with Crippen LogP contribution >= 0.6 is 0 Å². The molecule has 0 fully saturated rings. The Morgan fingerprint density at radius 2 is 1.16 bits per heavy atom. The molecule has 0 atom stereocenters. The van der Waals surface area contributed by atoms with E-state index in [2.05, 4.69) is 19.9 Å². The normalized spacial score (nSPS) is 10.2. The minimum Gasteiger partial charge on any atom is -0.258 e. The van der Waals surface area contributed by atoms with Crippen molar-refractivity contribution in [3.63, 3.8) is 0 Å². The Bertz CT molecular complexity index is 1190. The molecular weight excluding hydrogens is 418 g/mol. The molecule has 0 aliphatic rings. The smallest absolute Gasteiger partial charge is 0.258 e. The van der Waals surface area contributed by atoms with E-state index < -0.39 is 33.9 Å². The second-order valence-electron chi connectivity index (χ2n) is 5.84. The fourth-order valence-corrected chi connectivity index (χ4v) is 2.49. The third-order valence-electron chi connectivity index (χ3n) is 3.70. The molecule has 31 heavy (non-hydrogen) atoms. The molecular formula is C20H11F4N5O2. The number of halogens is 4. The van der Waals surface area contributed by atoms with Crippen LogP contribution in [-0.4, -0.2) is 24.9 Å². The molecule has 4 rings (SSSR count). The summed E-state index contributed by atoms with van der Waals surface area (Å²) in [4.78, 5) is 25.0. The number of nitro groups is 1. The van der Waals surface area contributed by atoms with Crippen LogP contribution in [-0.2, 0) is 0 Å². The Balaban J connectivity index is 0.000000179. The predicted molar refractivity (Wildman–Crippen MR) is 101 cm³/mol. The number of nitro benzene ring substituents is 1. The highest BCUT2D eigenvalue weighted by Gasteiger charge is 2.24. The first-order chi connectivity index (χ1) is 14.8. The maximum absolute atomic E-state index is 13.3. The zero-order valence-corrected chi connectivity index (χ0v) is 15.4. The number of benzene rings is 2. The molecule has 7 nitrogen and oxygen atoms in total. The highest BCUT2D eigenvalue weighted by molar-refractivity contribution is 5.68. The average molecular weight is 429 g/mol. The summed E-state index contributed by atoms with van der Waals surface area (Å²) in [7, 11) is 0. The molecule has 0 amide bonds. The van der Waals surface area contributed by atoms with Gasteiger partial charge in [0.2, 0.25) is 5.82 Å². The van der Waals surface area contributed by atoms with Gasteiger partial charge < -0.3 is 0 Å². The SMILES string of the molecule is Fc1cc(F)cc(-c2ncccn2)c1.O=[N+]([O-])c1c(F)cc(F)cc1-c1ncccn1. The summed E-state index contributed by atoms with van der Waals surface area (Å²) in [5.41, 5.74) is -0.784. The lowest BCUT2D eigenvalue weighted by Crippen LogP contribution is -1.99. The quantitative estimate of drug-likeness (QED) is 0.265. The molecule has 0 radical (unpaired) electrons. The van der Waals surface area contributed by atoms with Crippen LogP contribution in [0.3, 0.4) is 0 Å². The summed E-state index contributed by atoms with van der Waals surface area (Å²) in [6.45, 7) is 0. The van der Waals surface area contributed by atoms with Gasteiger partial charge in [0, 0.05) is 42.5 Å². The largest absolute Gasteiger partial charge is 0.315 e. The molecule has 2 aromatic heterocycles. The first kappa shape index (κ1) is 21.4. The Morgan fingerprint density at radius 1 is 0.677 bits per heavy atom. The molecule has 0 unspecified atom stereocenters.